The van der Waals surface area contributed by atoms with E-state index in [9.17, 15) is 9.59 Å². The number of para-hydroxylation sites is 1. The first-order valence-electron chi connectivity index (χ1n) is 11.3. The van der Waals surface area contributed by atoms with E-state index in [0.717, 1.165) is 5.56 Å². The Labute approximate surface area is 198 Å². The second-order valence-corrected chi connectivity index (χ2v) is 7.84. The first-order valence-corrected chi connectivity index (χ1v) is 11.3. The van der Waals surface area contributed by atoms with Gasteiger partial charge in [0.15, 0.2) is 6.61 Å². The molecule has 2 aromatic carbocycles. The Hall–Kier alpha value is -4.14. The Balaban J connectivity index is 1.58. The fourth-order valence-corrected chi connectivity index (χ4v) is 3.97. The number of allylic oxidation sites excluding steroid dienone is 1. The highest BCUT2D eigenvalue weighted by molar-refractivity contribution is 6.06. The maximum absolute atomic E-state index is 13.3. The number of benzene rings is 2. The van der Waals surface area contributed by atoms with E-state index in [1.807, 2.05) is 63.2 Å². The van der Waals surface area contributed by atoms with Gasteiger partial charge in [-0.3, -0.25) is 9.59 Å². The molecule has 0 saturated carbocycles. The average molecular weight is 461 g/mol. The standard InChI is InChI=1S/C25H28N6O3/c1-4-30(5-2)21(32)15-34-20-13-11-18(12-14-20)23-22(17(3)28-25-26-16-27-31(23)25)24(33)29-19-9-7-6-8-10-19/h6-14,16,23H,4-5,15H2,1-3H3,(H,29,33)(H,26,27,28)/t23-/m1/s1. The molecule has 4 rings (SSSR count). The van der Waals surface area contributed by atoms with E-state index in [0.29, 0.717) is 41.7 Å². The molecule has 0 bridgehead atoms. The van der Waals surface area contributed by atoms with E-state index < -0.39 is 6.04 Å². The number of carbonyl (C=O) groups is 2. The van der Waals surface area contributed by atoms with E-state index in [-0.39, 0.29) is 18.4 Å². The van der Waals surface area contributed by atoms with Gasteiger partial charge in [0.05, 0.1) is 5.57 Å². The predicted octanol–water partition coefficient (Wildman–Crippen LogP) is 3.45. The van der Waals surface area contributed by atoms with E-state index in [2.05, 4.69) is 20.7 Å². The summed E-state index contributed by atoms with van der Waals surface area (Å²) in [5.41, 5.74) is 2.78. The topological polar surface area (TPSA) is 101 Å². The molecule has 0 unspecified atom stereocenters. The summed E-state index contributed by atoms with van der Waals surface area (Å²) in [5, 5.41) is 10.5. The van der Waals surface area contributed by atoms with Crippen molar-refractivity contribution >= 4 is 23.5 Å². The Morgan fingerprint density at radius 1 is 1.09 bits per heavy atom. The number of carbonyl (C=O) groups excluding carboxylic acids is 2. The summed E-state index contributed by atoms with van der Waals surface area (Å²) in [6, 6.07) is 16.2. The minimum atomic E-state index is -0.478. The third-order valence-corrected chi connectivity index (χ3v) is 5.74. The minimum absolute atomic E-state index is 0.0225. The molecule has 0 fully saturated rings. The van der Waals surface area contributed by atoms with Gasteiger partial charge in [0, 0.05) is 24.5 Å². The smallest absolute Gasteiger partial charge is 0.260 e. The summed E-state index contributed by atoms with van der Waals surface area (Å²) >= 11 is 0. The van der Waals surface area contributed by atoms with Crippen molar-refractivity contribution in [3.8, 4) is 5.75 Å². The van der Waals surface area contributed by atoms with Crippen LogP contribution < -0.4 is 15.4 Å². The van der Waals surface area contributed by atoms with Gasteiger partial charge >= 0.3 is 0 Å². The molecule has 1 aliphatic rings. The molecule has 2 heterocycles. The van der Waals surface area contributed by atoms with E-state index in [1.54, 1.807) is 21.7 Å². The van der Waals surface area contributed by atoms with Crippen LogP contribution in [0, 0.1) is 0 Å². The zero-order valence-corrected chi connectivity index (χ0v) is 19.5. The van der Waals surface area contributed by atoms with Gasteiger partial charge < -0.3 is 20.3 Å². The summed E-state index contributed by atoms with van der Waals surface area (Å²) in [5.74, 6) is 0.850. The molecule has 9 heteroatoms. The lowest BCUT2D eigenvalue weighted by atomic mass is 9.95. The third-order valence-electron chi connectivity index (χ3n) is 5.74. The highest BCUT2D eigenvalue weighted by Gasteiger charge is 2.33. The molecule has 2 amide bonds. The van der Waals surface area contributed by atoms with Gasteiger partial charge in [0.25, 0.3) is 11.8 Å². The molecule has 34 heavy (non-hydrogen) atoms. The quantitative estimate of drug-likeness (QED) is 0.534. The lowest BCUT2D eigenvalue weighted by Crippen LogP contribution is -2.34. The molecule has 0 spiro atoms. The van der Waals surface area contributed by atoms with Crippen LogP contribution in [0.15, 0.2) is 72.2 Å². The van der Waals surface area contributed by atoms with Crippen LogP contribution in [0.5, 0.6) is 5.75 Å². The fraction of sp³-hybridized carbons (Fsp3) is 0.280. The van der Waals surface area contributed by atoms with Gasteiger partial charge in [-0.05, 0) is 50.6 Å². The maximum Gasteiger partial charge on any atom is 0.260 e. The van der Waals surface area contributed by atoms with Crippen molar-refractivity contribution < 1.29 is 14.3 Å². The first kappa shape index (κ1) is 23.0. The van der Waals surface area contributed by atoms with E-state index in [1.165, 1.54) is 6.33 Å². The van der Waals surface area contributed by atoms with Gasteiger partial charge in [-0.2, -0.15) is 10.1 Å². The van der Waals surface area contributed by atoms with Gasteiger partial charge in [-0.1, -0.05) is 30.3 Å². The Bertz CT molecular complexity index is 1180. The fourth-order valence-electron chi connectivity index (χ4n) is 3.97. The summed E-state index contributed by atoms with van der Waals surface area (Å²) in [7, 11) is 0. The maximum atomic E-state index is 13.3. The Kier molecular flexibility index (Phi) is 6.91. The lowest BCUT2D eigenvalue weighted by Gasteiger charge is -2.28. The number of amides is 2. The van der Waals surface area contributed by atoms with Crippen LogP contribution in [0.1, 0.15) is 32.4 Å². The number of rotatable bonds is 8. The molecular formula is C25H28N6O3. The summed E-state index contributed by atoms with van der Waals surface area (Å²) in [6.07, 6.45) is 1.46. The number of hydrogen-bond donors (Lipinski definition) is 2. The molecular weight excluding hydrogens is 432 g/mol. The minimum Gasteiger partial charge on any atom is -0.484 e. The van der Waals surface area contributed by atoms with Crippen molar-refractivity contribution in [2.45, 2.75) is 26.8 Å². The third kappa shape index (κ3) is 4.78. The molecule has 1 atom stereocenters. The van der Waals surface area contributed by atoms with E-state index in [4.69, 9.17) is 4.74 Å². The zero-order valence-electron chi connectivity index (χ0n) is 19.5. The molecule has 0 saturated heterocycles. The van der Waals surface area contributed by atoms with E-state index >= 15 is 0 Å². The summed E-state index contributed by atoms with van der Waals surface area (Å²) in [6.45, 7) is 7.00. The number of nitrogens with one attached hydrogen (secondary N) is 2. The highest BCUT2D eigenvalue weighted by atomic mass is 16.5. The SMILES string of the molecule is CCN(CC)C(=O)COc1ccc([C@@H]2C(C(=O)Nc3ccccc3)=C(C)Nc3ncnn32)cc1. The number of anilines is 2. The van der Waals surface area contributed by atoms with Crippen LogP contribution in [0.2, 0.25) is 0 Å². The zero-order chi connectivity index (χ0) is 24.1. The average Bonchev–Trinajstić information content (AvgIpc) is 3.31. The second-order valence-electron chi connectivity index (χ2n) is 7.84. The number of fused-ring (bicyclic) bond motifs is 1. The van der Waals surface area contributed by atoms with Crippen molar-refractivity contribution in [1.29, 1.82) is 0 Å². The van der Waals surface area contributed by atoms with Crippen LogP contribution in [-0.4, -0.2) is 51.2 Å². The van der Waals surface area contributed by atoms with Crippen molar-refractivity contribution in [1.82, 2.24) is 19.7 Å². The van der Waals surface area contributed by atoms with Gasteiger partial charge in [0.2, 0.25) is 5.95 Å². The molecule has 2 N–H and O–H groups in total. The van der Waals surface area contributed by atoms with Gasteiger partial charge in [-0.15, -0.1) is 0 Å². The highest BCUT2D eigenvalue weighted by Crippen LogP contribution is 2.35. The number of hydrogen-bond acceptors (Lipinski definition) is 6. The molecule has 176 valence electrons. The number of ether oxygens (including phenoxy) is 1. The van der Waals surface area contributed by atoms with Crippen molar-refractivity contribution in [3.63, 3.8) is 0 Å². The molecule has 9 nitrogen and oxygen atoms in total. The van der Waals surface area contributed by atoms with Crippen molar-refractivity contribution in [3.05, 3.63) is 77.8 Å². The molecule has 0 radical (unpaired) electrons. The number of nitrogens with zero attached hydrogens (tertiary/aromatic N) is 4. The van der Waals surface area contributed by atoms with Crippen LogP contribution in [0.4, 0.5) is 11.6 Å². The van der Waals surface area contributed by atoms with Gasteiger partial charge in [0.1, 0.15) is 18.1 Å². The molecule has 0 aliphatic carbocycles. The molecule has 3 aromatic rings. The molecule has 1 aliphatic heterocycles. The molecule has 1 aromatic heterocycles. The second kappa shape index (κ2) is 10.2. The van der Waals surface area contributed by atoms with Crippen LogP contribution in [-0.2, 0) is 9.59 Å². The van der Waals surface area contributed by atoms with Crippen molar-refractivity contribution in [2.75, 3.05) is 30.3 Å². The van der Waals surface area contributed by atoms with Crippen LogP contribution in [0.25, 0.3) is 0 Å². The monoisotopic (exact) mass is 460 g/mol. The normalized spacial score (nSPS) is 14.7. The Morgan fingerprint density at radius 3 is 2.47 bits per heavy atom. The summed E-state index contributed by atoms with van der Waals surface area (Å²) < 4.78 is 7.38. The number of likely N-dealkylation sites (N-methyl/N-ethyl adjacent to an activating group) is 1. The van der Waals surface area contributed by atoms with Crippen LogP contribution >= 0.6 is 0 Å². The lowest BCUT2D eigenvalue weighted by molar-refractivity contribution is -0.133. The largest absolute Gasteiger partial charge is 0.484 e. The predicted molar refractivity (Wildman–Crippen MR) is 129 cm³/mol. The Morgan fingerprint density at radius 2 is 1.79 bits per heavy atom. The van der Waals surface area contributed by atoms with Crippen molar-refractivity contribution in [2.24, 2.45) is 0 Å². The summed E-state index contributed by atoms with van der Waals surface area (Å²) in [4.78, 5) is 31.5. The number of aromatic nitrogens is 3. The first-order chi connectivity index (χ1) is 16.5. The van der Waals surface area contributed by atoms with Gasteiger partial charge in [-0.25, -0.2) is 4.68 Å². The van der Waals surface area contributed by atoms with Crippen LogP contribution in [0.3, 0.4) is 0 Å².